The number of rotatable bonds is 2. The molecule has 1 aliphatic heterocycles. The molecule has 3 N–H and O–H groups in total. The summed E-state index contributed by atoms with van der Waals surface area (Å²) in [6, 6.07) is 0. The maximum atomic E-state index is 4.58. The Morgan fingerprint density at radius 2 is 2.35 bits per heavy atom. The van der Waals surface area contributed by atoms with E-state index in [4.69, 9.17) is 0 Å². The fraction of sp³-hybridized carbons (Fsp3) is 0.545. The van der Waals surface area contributed by atoms with Crippen LogP contribution in [-0.2, 0) is 0 Å². The van der Waals surface area contributed by atoms with Gasteiger partial charge in [0.15, 0.2) is 11.5 Å². The molecule has 1 fully saturated rings. The molecule has 6 nitrogen and oxygen atoms in total. The third-order valence-corrected chi connectivity index (χ3v) is 3.20. The van der Waals surface area contributed by atoms with Crippen LogP contribution in [0, 0.1) is 0 Å². The molecule has 0 aromatic carbocycles. The Morgan fingerprint density at radius 3 is 3.12 bits per heavy atom. The van der Waals surface area contributed by atoms with Crippen LogP contribution in [-0.4, -0.2) is 40.1 Å². The molecule has 3 heterocycles. The van der Waals surface area contributed by atoms with Crippen molar-refractivity contribution in [3.8, 4) is 0 Å². The van der Waals surface area contributed by atoms with Gasteiger partial charge in [-0.15, -0.1) is 0 Å². The van der Waals surface area contributed by atoms with Gasteiger partial charge in [0.25, 0.3) is 0 Å². The fourth-order valence-corrected chi connectivity index (χ4v) is 2.29. The molecule has 2 aromatic rings. The zero-order valence-corrected chi connectivity index (χ0v) is 9.82. The van der Waals surface area contributed by atoms with Gasteiger partial charge in [-0.3, -0.25) is 0 Å². The van der Waals surface area contributed by atoms with Crippen LogP contribution >= 0.6 is 0 Å². The number of hydrogen-bond acceptors (Lipinski definition) is 5. The molecule has 0 saturated carbocycles. The van der Waals surface area contributed by atoms with Gasteiger partial charge >= 0.3 is 0 Å². The standard InChI is InChI=1S/C11H16N6/c1-12-10-8-11(15-6-14-8)17-9(16-10)7-3-2-4-13-5-7/h6-7,13H,2-5H2,1H3,(H2,12,14,15,16,17)/t7-/m1/s1. The van der Waals surface area contributed by atoms with Crippen molar-refractivity contribution < 1.29 is 0 Å². The van der Waals surface area contributed by atoms with E-state index >= 15 is 0 Å². The molecular formula is C11H16N6. The molecule has 6 heteroatoms. The van der Waals surface area contributed by atoms with Crippen molar-refractivity contribution in [1.82, 2.24) is 25.3 Å². The largest absolute Gasteiger partial charge is 0.371 e. The van der Waals surface area contributed by atoms with Gasteiger partial charge in [0.1, 0.15) is 11.3 Å². The monoisotopic (exact) mass is 232 g/mol. The minimum Gasteiger partial charge on any atom is -0.371 e. The molecule has 0 spiro atoms. The summed E-state index contributed by atoms with van der Waals surface area (Å²) < 4.78 is 0. The van der Waals surface area contributed by atoms with Crippen molar-refractivity contribution in [2.45, 2.75) is 18.8 Å². The summed E-state index contributed by atoms with van der Waals surface area (Å²) in [7, 11) is 1.87. The van der Waals surface area contributed by atoms with Crippen molar-refractivity contribution >= 4 is 17.0 Å². The zero-order valence-electron chi connectivity index (χ0n) is 9.82. The van der Waals surface area contributed by atoms with E-state index in [1.807, 2.05) is 7.05 Å². The number of fused-ring (bicyclic) bond motifs is 1. The lowest BCUT2D eigenvalue weighted by Crippen LogP contribution is -2.29. The Balaban J connectivity index is 2.03. The number of hydrogen-bond donors (Lipinski definition) is 3. The number of nitrogens with one attached hydrogen (secondary N) is 3. The van der Waals surface area contributed by atoms with Crippen LogP contribution in [0.3, 0.4) is 0 Å². The minimum absolute atomic E-state index is 0.400. The average molecular weight is 232 g/mol. The van der Waals surface area contributed by atoms with E-state index in [0.717, 1.165) is 42.3 Å². The molecule has 0 aliphatic carbocycles. The Kier molecular flexibility index (Phi) is 2.64. The summed E-state index contributed by atoms with van der Waals surface area (Å²) in [5, 5.41) is 6.48. The Bertz CT molecular complexity index is 514. The molecule has 90 valence electrons. The summed E-state index contributed by atoms with van der Waals surface area (Å²) in [6.07, 6.45) is 3.98. The highest BCUT2D eigenvalue weighted by molar-refractivity contribution is 5.82. The van der Waals surface area contributed by atoms with Crippen molar-refractivity contribution in [2.24, 2.45) is 0 Å². The third kappa shape index (κ3) is 1.84. The fourth-order valence-electron chi connectivity index (χ4n) is 2.29. The Labute approximate surface area is 99.3 Å². The van der Waals surface area contributed by atoms with Gasteiger partial charge in [-0.1, -0.05) is 0 Å². The lowest BCUT2D eigenvalue weighted by molar-refractivity contribution is 0.447. The van der Waals surface area contributed by atoms with Crippen molar-refractivity contribution in [2.75, 3.05) is 25.5 Å². The number of aromatic nitrogens is 4. The molecule has 2 aromatic heterocycles. The van der Waals surface area contributed by atoms with Crippen LogP contribution in [0.2, 0.25) is 0 Å². The third-order valence-electron chi connectivity index (χ3n) is 3.20. The van der Waals surface area contributed by atoms with Gasteiger partial charge in [0.2, 0.25) is 0 Å². The molecule has 0 bridgehead atoms. The molecule has 1 saturated heterocycles. The van der Waals surface area contributed by atoms with E-state index in [2.05, 4.69) is 30.6 Å². The molecule has 1 atom stereocenters. The second kappa shape index (κ2) is 4.29. The lowest BCUT2D eigenvalue weighted by Gasteiger charge is -2.21. The highest BCUT2D eigenvalue weighted by Gasteiger charge is 2.20. The van der Waals surface area contributed by atoms with Crippen LogP contribution < -0.4 is 10.6 Å². The van der Waals surface area contributed by atoms with Crippen LogP contribution in [0.5, 0.6) is 0 Å². The van der Waals surface area contributed by atoms with Gasteiger partial charge < -0.3 is 15.6 Å². The first-order valence-corrected chi connectivity index (χ1v) is 5.98. The average Bonchev–Trinajstić information content (AvgIpc) is 2.86. The van der Waals surface area contributed by atoms with E-state index in [-0.39, 0.29) is 0 Å². The SMILES string of the molecule is CNc1nc([C@@H]2CCCNC2)nc2nc[nH]c12. The summed E-state index contributed by atoms with van der Waals surface area (Å²) >= 11 is 0. The summed E-state index contributed by atoms with van der Waals surface area (Å²) in [4.78, 5) is 16.4. The van der Waals surface area contributed by atoms with E-state index < -0.39 is 0 Å². The predicted octanol–water partition coefficient (Wildman–Crippen LogP) is 0.862. The lowest BCUT2D eigenvalue weighted by atomic mass is 9.99. The second-order valence-electron chi connectivity index (χ2n) is 4.32. The molecule has 1 aliphatic rings. The van der Waals surface area contributed by atoms with E-state index in [1.54, 1.807) is 6.33 Å². The Hall–Kier alpha value is -1.69. The minimum atomic E-state index is 0.400. The van der Waals surface area contributed by atoms with Gasteiger partial charge in [-0.05, 0) is 19.4 Å². The van der Waals surface area contributed by atoms with E-state index in [9.17, 15) is 0 Å². The quantitative estimate of drug-likeness (QED) is 0.716. The predicted molar refractivity (Wildman–Crippen MR) is 66.1 cm³/mol. The molecule has 3 rings (SSSR count). The maximum absolute atomic E-state index is 4.58. The first kappa shape index (κ1) is 10.5. The van der Waals surface area contributed by atoms with E-state index in [1.165, 1.54) is 6.42 Å². The second-order valence-corrected chi connectivity index (χ2v) is 4.32. The smallest absolute Gasteiger partial charge is 0.183 e. The van der Waals surface area contributed by atoms with Crippen LogP contribution in [0.15, 0.2) is 6.33 Å². The Morgan fingerprint density at radius 1 is 1.41 bits per heavy atom. The number of nitrogens with zero attached hydrogens (tertiary/aromatic N) is 3. The number of anilines is 1. The van der Waals surface area contributed by atoms with Crippen LogP contribution in [0.25, 0.3) is 11.2 Å². The maximum Gasteiger partial charge on any atom is 0.183 e. The molecule has 0 unspecified atom stereocenters. The van der Waals surface area contributed by atoms with Gasteiger partial charge in [-0.25, -0.2) is 15.0 Å². The summed E-state index contributed by atoms with van der Waals surface area (Å²) in [5.41, 5.74) is 1.62. The van der Waals surface area contributed by atoms with E-state index in [0.29, 0.717) is 5.92 Å². The number of aromatic amines is 1. The topological polar surface area (TPSA) is 78.5 Å². The van der Waals surface area contributed by atoms with Crippen molar-refractivity contribution in [3.05, 3.63) is 12.2 Å². The summed E-state index contributed by atoms with van der Waals surface area (Å²) in [5.74, 6) is 2.12. The van der Waals surface area contributed by atoms with Crippen molar-refractivity contribution in [3.63, 3.8) is 0 Å². The zero-order chi connectivity index (χ0) is 11.7. The molecule has 0 amide bonds. The van der Waals surface area contributed by atoms with Crippen LogP contribution in [0.1, 0.15) is 24.6 Å². The van der Waals surface area contributed by atoms with Gasteiger partial charge in [0.05, 0.1) is 6.33 Å². The first-order valence-electron chi connectivity index (χ1n) is 5.98. The van der Waals surface area contributed by atoms with Gasteiger partial charge in [-0.2, -0.15) is 0 Å². The highest BCUT2D eigenvalue weighted by Crippen LogP contribution is 2.24. The molecular weight excluding hydrogens is 216 g/mol. The highest BCUT2D eigenvalue weighted by atomic mass is 15.1. The number of piperidine rings is 1. The number of H-pyrrole nitrogens is 1. The molecule has 0 radical (unpaired) electrons. The number of imidazole rings is 1. The van der Waals surface area contributed by atoms with Crippen molar-refractivity contribution in [1.29, 1.82) is 0 Å². The first-order chi connectivity index (χ1) is 8.38. The summed E-state index contributed by atoms with van der Waals surface area (Å²) in [6.45, 7) is 2.05. The molecule has 17 heavy (non-hydrogen) atoms. The normalized spacial score (nSPS) is 20.6. The van der Waals surface area contributed by atoms with Gasteiger partial charge in [0, 0.05) is 19.5 Å². The van der Waals surface area contributed by atoms with Crippen LogP contribution in [0.4, 0.5) is 5.82 Å².